The monoisotopic (exact) mass is 567 g/mol. The molecule has 0 bridgehead atoms. The second kappa shape index (κ2) is 10.2. The summed E-state index contributed by atoms with van der Waals surface area (Å²) in [6.07, 6.45) is 1.26. The molecular formula is C27H21F4N7O3. The van der Waals surface area contributed by atoms with Gasteiger partial charge in [0.15, 0.2) is 5.82 Å². The van der Waals surface area contributed by atoms with Crippen molar-refractivity contribution >= 4 is 23.5 Å². The highest BCUT2D eigenvalue weighted by molar-refractivity contribution is 5.90. The number of aromatic nitrogens is 4. The standard InChI is InChI=1S/C27H21F4N7O3/c1-15-13-20(23(41-15)27(29,30)31)35-25(39)37-10-2-3-18(14-37)33-24-32-9-8-19(34-24)22-21(16-4-6-17(28)7-5-16)36-26-38(22)11-12-40-26/h4,6,8-9,11-13,18H,2-3,10,14H2,1H3,(H,35,39)(H,32,33,34)/t18-/m1/s1. The number of halogens is 4. The molecule has 2 N–H and O–H groups in total. The summed E-state index contributed by atoms with van der Waals surface area (Å²) in [5.41, 5.74) is 1.58. The van der Waals surface area contributed by atoms with E-state index in [1.54, 1.807) is 22.9 Å². The van der Waals surface area contributed by atoms with E-state index in [0.29, 0.717) is 47.9 Å². The zero-order chi connectivity index (χ0) is 28.7. The van der Waals surface area contributed by atoms with Crippen LogP contribution in [0.25, 0.3) is 28.5 Å². The van der Waals surface area contributed by atoms with E-state index in [2.05, 4.69) is 37.7 Å². The number of hydrogen-bond acceptors (Lipinski definition) is 7. The number of carbonyl (C=O) groups excluding carboxylic acids is 1. The first-order valence-corrected chi connectivity index (χ1v) is 12.5. The lowest BCUT2D eigenvalue weighted by molar-refractivity contribution is -0.152. The lowest BCUT2D eigenvalue weighted by Crippen LogP contribution is -2.47. The molecule has 4 aromatic heterocycles. The van der Waals surface area contributed by atoms with Gasteiger partial charge in [-0.1, -0.05) is 6.07 Å². The normalized spacial score (nSPS) is 15.6. The van der Waals surface area contributed by atoms with Crippen LogP contribution >= 0.6 is 0 Å². The van der Waals surface area contributed by atoms with E-state index in [1.165, 1.54) is 30.2 Å². The number of carbonyl (C=O) groups is 1. The molecule has 0 aliphatic carbocycles. The Kier molecular flexibility index (Phi) is 6.49. The molecule has 0 unspecified atom stereocenters. The van der Waals surface area contributed by atoms with Gasteiger partial charge in [0.1, 0.15) is 23.4 Å². The summed E-state index contributed by atoms with van der Waals surface area (Å²) >= 11 is 0. The fourth-order valence-corrected chi connectivity index (χ4v) is 4.76. The molecule has 41 heavy (non-hydrogen) atoms. The summed E-state index contributed by atoms with van der Waals surface area (Å²) in [6, 6.07) is 9.83. The number of alkyl halides is 3. The van der Waals surface area contributed by atoms with Crippen molar-refractivity contribution in [3.05, 3.63) is 72.4 Å². The zero-order valence-corrected chi connectivity index (χ0v) is 21.4. The Bertz CT molecular complexity index is 1710. The molecule has 6 rings (SSSR count). The van der Waals surface area contributed by atoms with Crippen LogP contribution in [-0.4, -0.2) is 49.4 Å². The Labute approximate surface area is 230 Å². The number of aryl methyl sites for hydroxylation is 1. The highest BCUT2D eigenvalue weighted by Gasteiger charge is 2.39. The van der Waals surface area contributed by atoms with Crippen LogP contribution in [0.15, 0.2) is 51.8 Å². The van der Waals surface area contributed by atoms with Crippen LogP contribution < -0.4 is 10.6 Å². The molecule has 0 radical (unpaired) electrons. The van der Waals surface area contributed by atoms with Crippen LogP contribution in [0.2, 0.25) is 0 Å². The molecule has 1 aliphatic heterocycles. The molecule has 5 aromatic rings. The average Bonchev–Trinajstić information content (AvgIpc) is 3.64. The van der Waals surface area contributed by atoms with E-state index >= 15 is 0 Å². The number of hydrogen-bond donors (Lipinski definition) is 2. The second-order valence-electron chi connectivity index (χ2n) is 9.43. The largest absolute Gasteiger partial charge is 0.455 e. The third-order valence-corrected chi connectivity index (χ3v) is 6.52. The van der Waals surface area contributed by atoms with Crippen molar-refractivity contribution in [2.24, 2.45) is 0 Å². The quantitative estimate of drug-likeness (QED) is 0.257. The minimum Gasteiger partial charge on any atom is -0.455 e. The molecule has 14 heteroatoms. The van der Waals surface area contributed by atoms with Gasteiger partial charge in [0, 0.05) is 37.6 Å². The van der Waals surface area contributed by atoms with Crippen LogP contribution in [0.3, 0.4) is 0 Å². The smallest absolute Gasteiger partial charge is 0.451 e. The molecule has 0 saturated carbocycles. The van der Waals surface area contributed by atoms with Gasteiger partial charge < -0.3 is 24.4 Å². The summed E-state index contributed by atoms with van der Waals surface area (Å²) in [5.74, 6) is -1.19. The third kappa shape index (κ3) is 5.25. The van der Waals surface area contributed by atoms with Gasteiger partial charge in [0.25, 0.3) is 0 Å². The van der Waals surface area contributed by atoms with Crippen molar-refractivity contribution in [1.82, 2.24) is 24.3 Å². The number of nitrogens with zero attached hydrogens (tertiary/aromatic N) is 5. The predicted molar refractivity (Wildman–Crippen MR) is 137 cm³/mol. The highest BCUT2D eigenvalue weighted by atomic mass is 19.4. The van der Waals surface area contributed by atoms with E-state index in [9.17, 15) is 22.4 Å². The number of oxazole rings is 1. The first-order chi connectivity index (χ1) is 19.7. The number of furan rings is 1. The molecule has 1 atom stereocenters. The fraction of sp³-hybridized carbons (Fsp3) is 0.259. The predicted octanol–water partition coefficient (Wildman–Crippen LogP) is 5.82. The van der Waals surface area contributed by atoms with Crippen LogP contribution in [0, 0.1) is 24.9 Å². The number of anilines is 2. The van der Waals surface area contributed by atoms with E-state index in [0.717, 1.165) is 6.07 Å². The molecule has 1 aliphatic rings. The molecular weight excluding hydrogens is 546 g/mol. The van der Waals surface area contributed by atoms with Crippen LogP contribution in [0.5, 0.6) is 0 Å². The molecule has 210 valence electrons. The van der Waals surface area contributed by atoms with Crippen molar-refractivity contribution in [2.45, 2.75) is 32.0 Å². The Morgan fingerprint density at radius 3 is 2.83 bits per heavy atom. The van der Waals surface area contributed by atoms with E-state index in [-0.39, 0.29) is 24.3 Å². The lowest BCUT2D eigenvalue weighted by Gasteiger charge is -2.33. The number of amides is 2. The fourth-order valence-electron chi connectivity index (χ4n) is 4.76. The number of nitrogens with one attached hydrogen (secondary N) is 2. The average molecular weight is 568 g/mol. The maximum Gasteiger partial charge on any atom is 0.451 e. The molecule has 10 nitrogen and oxygen atoms in total. The summed E-state index contributed by atoms with van der Waals surface area (Å²) < 4.78 is 65.2. The van der Waals surface area contributed by atoms with Gasteiger partial charge >= 0.3 is 18.1 Å². The van der Waals surface area contributed by atoms with Crippen LogP contribution in [-0.2, 0) is 6.18 Å². The SMILES string of the molecule is Cc1cc(NC(=O)N2CCC[C@@H](Nc3nccc(-c4c(-c5c#cc(F)cc5)nc5occn45)n3)C2)c(C(F)(F)F)o1. The van der Waals surface area contributed by atoms with Crippen LogP contribution in [0.1, 0.15) is 24.4 Å². The number of piperidine rings is 1. The maximum absolute atomic E-state index is 13.5. The third-order valence-electron chi connectivity index (χ3n) is 6.52. The molecule has 1 saturated heterocycles. The van der Waals surface area contributed by atoms with Crippen molar-refractivity contribution < 1.29 is 31.2 Å². The Morgan fingerprint density at radius 2 is 2.05 bits per heavy atom. The van der Waals surface area contributed by atoms with Gasteiger partial charge in [-0.3, -0.25) is 4.40 Å². The Morgan fingerprint density at radius 1 is 1.20 bits per heavy atom. The first-order valence-electron chi connectivity index (χ1n) is 12.5. The van der Waals surface area contributed by atoms with Crippen molar-refractivity contribution in [1.29, 1.82) is 0 Å². The summed E-state index contributed by atoms with van der Waals surface area (Å²) in [4.78, 5) is 27.7. The van der Waals surface area contributed by atoms with Gasteiger partial charge in [-0.15, -0.1) is 0 Å². The van der Waals surface area contributed by atoms with E-state index in [1.807, 2.05) is 0 Å². The minimum absolute atomic E-state index is 0.0346. The first kappa shape index (κ1) is 26.2. The number of likely N-dealkylation sites (tertiary alicyclic amines) is 1. The number of fused-ring (bicyclic) bond motifs is 1. The molecule has 2 amide bonds. The lowest BCUT2D eigenvalue weighted by atomic mass is 10.1. The zero-order valence-electron chi connectivity index (χ0n) is 21.4. The Balaban J connectivity index is 1.21. The number of imidazole rings is 1. The summed E-state index contributed by atoms with van der Waals surface area (Å²) in [7, 11) is 0. The molecule has 5 heterocycles. The van der Waals surface area contributed by atoms with Gasteiger partial charge in [-0.2, -0.15) is 22.5 Å². The molecule has 0 spiro atoms. The van der Waals surface area contributed by atoms with E-state index < -0.39 is 29.5 Å². The van der Waals surface area contributed by atoms with Crippen molar-refractivity contribution in [2.75, 3.05) is 23.7 Å². The van der Waals surface area contributed by atoms with Gasteiger partial charge in [0.2, 0.25) is 11.7 Å². The summed E-state index contributed by atoms with van der Waals surface area (Å²) in [6.45, 7) is 1.95. The van der Waals surface area contributed by atoms with Crippen LogP contribution in [0.4, 0.5) is 34.0 Å². The van der Waals surface area contributed by atoms with E-state index in [4.69, 9.17) is 8.83 Å². The van der Waals surface area contributed by atoms with Crippen molar-refractivity contribution in [3.8, 4) is 22.6 Å². The van der Waals surface area contributed by atoms with Crippen molar-refractivity contribution in [3.63, 3.8) is 0 Å². The highest BCUT2D eigenvalue weighted by Crippen LogP contribution is 2.37. The Hall–Kier alpha value is -5.06. The minimum atomic E-state index is -4.74. The number of rotatable bonds is 5. The molecule has 1 fully saturated rings. The maximum atomic E-state index is 13.5. The van der Waals surface area contributed by atoms with Gasteiger partial charge in [-0.05, 0) is 44.0 Å². The van der Waals surface area contributed by atoms with Gasteiger partial charge in [-0.25, -0.2) is 14.8 Å². The molecule has 1 aromatic carbocycles. The topological polar surface area (TPSA) is 114 Å². The second-order valence-corrected chi connectivity index (χ2v) is 9.43. The number of urea groups is 1. The van der Waals surface area contributed by atoms with Gasteiger partial charge in [0.05, 0.1) is 16.9 Å². The summed E-state index contributed by atoms with van der Waals surface area (Å²) in [5, 5.41) is 5.55.